The lowest BCUT2D eigenvalue weighted by molar-refractivity contribution is 0.0734. The van der Waals surface area contributed by atoms with Gasteiger partial charge in [-0.3, -0.25) is 0 Å². The topological polar surface area (TPSA) is 52.3 Å². The van der Waals surface area contributed by atoms with Gasteiger partial charge in [-0.1, -0.05) is 37.3 Å². The minimum atomic E-state index is -0.349. The molecule has 0 heterocycles. The Morgan fingerprint density at radius 1 is 1.16 bits per heavy atom. The number of carbonyl (C=O) groups is 1. The minimum Gasteiger partial charge on any atom is -0.423 e. The Kier molecular flexibility index (Phi) is 4.31. The highest BCUT2D eigenvalue weighted by Crippen LogP contribution is 2.20. The molecule has 2 rings (SSSR count). The van der Waals surface area contributed by atoms with Gasteiger partial charge in [-0.2, -0.15) is 0 Å². The van der Waals surface area contributed by atoms with Crippen LogP contribution < -0.4 is 10.5 Å². The molecule has 0 spiro atoms. The number of nitrogens with two attached hydrogens (primary N) is 1. The largest absolute Gasteiger partial charge is 0.423 e. The molecule has 98 valence electrons. The van der Waals surface area contributed by atoms with E-state index >= 15 is 0 Å². The predicted molar refractivity (Wildman–Crippen MR) is 75.3 cm³/mol. The molecule has 0 aromatic heterocycles. The average molecular weight is 255 g/mol. The van der Waals surface area contributed by atoms with E-state index in [4.69, 9.17) is 10.5 Å². The molecular weight excluding hydrogens is 238 g/mol. The zero-order valence-electron chi connectivity index (χ0n) is 10.9. The Balaban J connectivity index is 2.13. The normalized spacial score (nSPS) is 11.9. The van der Waals surface area contributed by atoms with Crippen molar-refractivity contribution in [2.45, 2.75) is 12.8 Å². The van der Waals surface area contributed by atoms with Crippen LogP contribution in [0, 0.1) is 0 Å². The maximum Gasteiger partial charge on any atom is 0.343 e. The summed E-state index contributed by atoms with van der Waals surface area (Å²) in [6.07, 6.45) is 0. The van der Waals surface area contributed by atoms with E-state index in [9.17, 15) is 4.79 Å². The van der Waals surface area contributed by atoms with E-state index in [1.165, 1.54) is 0 Å². The molecule has 0 aliphatic carbocycles. The Hall–Kier alpha value is -2.13. The number of ether oxygens (including phenoxy) is 1. The van der Waals surface area contributed by atoms with Gasteiger partial charge in [0.05, 0.1) is 5.56 Å². The molecule has 3 nitrogen and oxygen atoms in total. The van der Waals surface area contributed by atoms with Gasteiger partial charge in [0.15, 0.2) is 0 Å². The van der Waals surface area contributed by atoms with Crippen LogP contribution in [0.2, 0.25) is 0 Å². The lowest BCUT2D eigenvalue weighted by Crippen LogP contribution is -2.10. The van der Waals surface area contributed by atoms with Gasteiger partial charge in [-0.15, -0.1) is 0 Å². The van der Waals surface area contributed by atoms with Crippen molar-refractivity contribution in [1.82, 2.24) is 0 Å². The molecule has 19 heavy (non-hydrogen) atoms. The number of hydrogen-bond donors (Lipinski definition) is 1. The fourth-order valence-electron chi connectivity index (χ4n) is 1.76. The Morgan fingerprint density at radius 2 is 1.89 bits per heavy atom. The van der Waals surface area contributed by atoms with Gasteiger partial charge in [0.2, 0.25) is 0 Å². The molecule has 0 bridgehead atoms. The van der Waals surface area contributed by atoms with E-state index in [1.807, 2.05) is 43.3 Å². The van der Waals surface area contributed by atoms with E-state index in [0.717, 1.165) is 5.56 Å². The van der Waals surface area contributed by atoms with Gasteiger partial charge in [0, 0.05) is 0 Å². The first-order chi connectivity index (χ1) is 9.20. The molecule has 0 amide bonds. The highest BCUT2D eigenvalue weighted by atomic mass is 16.5. The summed E-state index contributed by atoms with van der Waals surface area (Å²) < 4.78 is 5.36. The second-order valence-corrected chi connectivity index (χ2v) is 4.46. The highest BCUT2D eigenvalue weighted by Gasteiger charge is 2.09. The van der Waals surface area contributed by atoms with Gasteiger partial charge in [-0.05, 0) is 42.3 Å². The monoisotopic (exact) mass is 255 g/mol. The number of esters is 1. The molecule has 3 heteroatoms. The molecular formula is C16H17NO2. The Morgan fingerprint density at radius 3 is 2.58 bits per heavy atom. The fourth-order valence-corrected chi connectivity index (χ4v) is 1.76. The number of benzene rings is 2. The molecule has 0 fully saturated rings. The number of rotatable bonds is 4. The van der Waals surface area contributed by atoms with Crippen molar-refractivity contribution >= 4 is 5.97 Å². The van der Waals surface area contributed by atoms with E-state index in [0.29, 0.717) is 17.9 Å². The Labute approximate surface area is 113 Å². The summed E-state index contributed by atoms with van der Waals surface area (Å²) >= 11 is 0. The maximum atomic E-state index is 11.9. The van der Waals surface area contributed by atoms with Gasteiger partial charge in [-0.25, -0.2) is 4.79 Å². The molecule has 2 aromatic rings. The van der Waals surface area contributed by atoms with Gasteiger partial charge >= 0.3 is 5.97 Å². The molecule has 1 atom stereocenters. The van der Waals surface area contributed by atoms with Crippen LogP contribution >= 0.6 is 0 Å². The predicted octanol–water partition coefficient (Wildman–Crippen LogP) is 2.97. The quantitative estimate of drug-likeness (QED) is 0.675. The SMILES string of the molecule is CC(CN)c1cccc(OC(=O)c2ccccc2)c1. The summed E-state index contributed by atoms with van der Waals surface area (Å²) in [5.41, 5.74) is 7.25. The number of hydrogen-bond acceptors (Lipinski definition) is 3. The second-order valence-electron chi connectivity index (χ2n) is 4.46. The fraction of sp³-hybridized carbons (Fsp3) is 0.188. The van der Waals surface area contributed by atoms with Crippen molar-refractivity contribution in [2.75, 3.05) is 6.54 Å². The lowest BCUT2D eigenvalue weighted by Gasteiger charge is -2.10. The summed E-state index contributed by atoms with van der Waals surface area (Å²) in [5, 5.41) is 0. The van der Waals surface area contributed by atoms with Crippen LogP contribution in [0.4, 0.5) is 0 Å². The van der Waals surface area contributed by atoms with Crippen molar-refractivity contribution in [3.8, 4) is 5.75 Å². The van der Waals surface area contributed by atoms with Gasteiger partial charge < -0.3 is 10.5 Å². The first kappa shape index (κ1) is 13.3. The highest BCUT2D eigenvalue weighted by molar-refractivity contribution is 5.90. The molecule has 2 aromatic carbocycles. The molecule has 0 aliphatic heterocycles. The van der Waals surface area contributed by atoms with Crippen molar-refractivity contribution in [2.24, 2.45) is 5.73 Å². The maximum absolute atomic E-state index is 11.9. The summed E-state index contributed by atoms with van der Waals surface area (Å²) in [6, 6.07) is 16.4. The van der Waals surface area contributed by atoms with Crippen LogP contribution in [-0.4, -0.2) is 12.5 Å². The standard InChI is InChI=1S/C16H17NO2/c1-12(11-17)14-8-5-9-15(10-14)19-16(18)13-6-3-2-4-7-13/h2-10,12H,11,17H2,1H3. The molecule has 1 unspecified atom stereocenters. The summed E-state index contributed by atoms with van der Waals surface area (Å²) in [4.78, 5) is 11.9. The van der Waals surface area contributed by atoms with Gasteiger partial charge in [0.25, 0.3) is 0 Å². The lowest BCUT2D eigenvalue weighted by atomic mass is 10.0. The van der Waals surface area contributed by atoms with Crippen LogP contribution in [0.5, 0.6) is 5.75 Å². The zero-order chi connectivity index (χ0) is 13.7. The Bertz CT molecular complexity index is 552. The van der Waals surface area contributed by atoms with E-state index in [-0.39, 0.29) is 11.9 Å². The molecule has 0 aliphatic rings. The van der Waals surface area contributed by atoms with Crippen LogP contribution in [0.3, 0.4) is 0 Å². The smallest absolute Gasteiger partial charge is 0.343 e. The average Bonchev–Trinajstić information content (AvgIpc) is 2.47. The van der Waals surface area contributed by atoms with Crippen LogP contribution in [-0.2, 0) is 0 Å². The van der Waals surface area contributed by atoms with Crippen molar-refractivity contribution < 1.29 is 9.53 Å². The van der Waals surface area contributed by atoms with Crippen molar-refractivity contribution in [1.29, 1.82) is 0 Å². The van der Waals surface area contributed by atoms with Crippen LogP contribution in [0.25, 0.3) is 0 Å². The molecule has 0 saturated heterocycles. The van der Waals surface area contributed by atoms with Crippen LogP contribution in [0.15, 0.2) is 54.6 Å². The van der Waals surface area contributed by atoms with E-state index in [1.54, 1.807) is 18.2 Å². The molecule has 0 radical (unpaired) electrons. The third-order valence-corrected chi connectivity index (χ3v) is 3.00. The first-order valence-corrected chi connectivity index (χ1v) is 6.28. The molecule has 2 N–H and O–H groups in total. The van der Waals surface area contributed by atoms with Crippen molar-refractivity contribution in [3.63, 3.8) is 0 Å². The summed E-state index contributed by atoms with van der Waals surface area (Å²) in [5.74, 6) is 0.445. The number of carbonyl (C=O) groups excluding carboxylic acids is 1. The third kappa shape index (κ3) is 3.42. The van der Waals surface area contributed by atoms with Crippen LogP contribution in [0.1, 0.15) is 28.8 Å². The van der Waals surface area contributed by atoms with E-state index < -0.39 is 0 Å². The first-order valence-electron chi connectivity index (χ1n) is 6.28. The zero-order valence-corrected chi connectivity index (χ0v) is 10.9. The second kappa shape index (κ2) is 6.16. The van der Waals surface area contributed by atoms with Crippen molar-refractivity contribution in [3.05, 3.63) is 65.7 Å². The molecule has 0 saturated carbocycles. The summed E-state index contributed by atoms with van der Waals surface area (Å²) in [7, 11) is 0. The minimum absolute atomic E-state index is 0.246. The third-order valence-electron chi connectivity index (χ3n) is 3.00. The van der Waals surface area contributed by atoms with Gasteiger partial charge in [0.1, 0.15) is 5.75 Å². The van der Waals surface area contributed by atoms with E-state index in [2.05, 4.69) is 0 Å². The summed E-state index contributed by atoms with van der Waals surface area (Å²) in [6.45, 7) is 2.61.